The average molecular weight is 488 g/mol. The van der Waals surface area contributed by atoms with E-state index in [2.05, 4.69) is 5.32 Å². The minimum atomic E-state index is -0.788. The number of benzene rings is 3. The largest absolute Gasteiger partial charge is 0.497 e. The van der Waals surface area contributed by atoms with Crippen LogP contribution in [0.3, 0.4) is 0 Å². The number of nitrogens with zero attached hydrogens (tertiary/aromatic N) is 1. The fourth-order valence-corrected chi connectivity index (χ4v) is 4.25. The Hall–Kier alpha value is -2.99. The van der Waals surface area contributed by atoms with Crippen LogP contribution in [0, 0.1) is 0 Å². The van der Waals surface area contributed by atoms with Gasteiger partial charge in [-0.3, -0.25) is 9.59 Å². The highest BCUT2D eigenvalue weighted by atomic mass is 35.5. The summed E-state index contributed by atoms with van der Waals surface area (Å²) in [4.78, 5) is 25.8. The number of methoxy groups -OCH3 is 1. The van der Waals surface area contributed by atoms with Gasteiger partial charge < -0.3 is 14.6 Å². The van der Waals surface area contributed by atoms with E-state index in [1.165, 1.54) is 0 Å². The Morgan fingerprint density at radius 2 is 1.69 bits per heavy atom. The van der Waals surface area contributed by atoms with Gasteiger partial charge >= 0.3 is 0 Å². The number of fused-ring (bicyclic) bond motifs is 1. The zero-order chi connectivity index (χ0) is 22.8. The Bertz CT molecular complexity index is 1330. The Kier molecular flexibility index (Phi) is 6.42. The zero-order valence-corrected chi connectivity index (χ0v) is 19.1. The van der Waals surface area contributed by atoms with Crippen molar-refractivity contribution in [3.63, 3.8) is 0 Å². The third-order valence-electron chi connectivity index (χ3n) is 5.03. The van der Waals surface area contributed by atoms with Crippen LogP contribution in [0.4, 0.5) is 5.69 Å². The molecule has 0 spiro atoms. The van der Waals surface area contributed by atoms with Crippen LogP contribution in [0.2, 0.25) is 15.2 Å². The van der Waals surface area contributed by atoms with Gasteiger partial charge in [-0.2, -0.15) is 0 Å². The summed E-state index contributed by atoms with van der Waals surface area (Å²) >= 11 is 19.0. The van der Waals surface area contributed by atoms with Gasteiger partial charge in [0.1, 0.15) is 10.9 Å². The molecule has 0 radical (unpaired) electrons. The van der Waals surface area contributed by atoms with Crippen LogP contribution in [0.1, 0.15) is 15.9 Å². The number of nitrogens with one attached hydrogen (secondary N) is 1. The molecule has 0 saturated carbocycles. The lowest BCUT2D eigenvalue weighted by Crippen LogP contribution is -2.23. The van der Waals surface area contributed by atoms with Crippen LogP contribution >= 0.6 is 34.8 Å². The van der Waals surface area contributed by atoms with Gasteiger partial charge in [0, 0.05) is 21.1 Å². The highest BCUT2D eigenvalue weighted by Gasteiger charge is 2.26. The predicted octanol–water partition coefficient (Wildman–Crippen LogP) is 6.48. The quantitative estimate of drug-likeness (QED) is 0.250. The van der Waals surface area contributed by atoms with Gasteiger partial charge in [-0.25, -0.2) is 0 Å². The highest BCUT2D eigenvalue weighted by Crippen LogP contribution is 2.33. The van der Waals surface area contributed by atoms with E-state index in [4.69, 9.17) is 39.5 Å². The van der Waals surface area contributed by atoms with Crippen LogP contribution in [0.15, 0.2) is 66.7 Å². The number of amides is 1. The summed E-state index contributed by atoms with van der Waals surface area (Å²) in [6.07, 6.45) is 0. The summed E-state index contributed by atoms with van der Waals surface area (Å²) in [6, 6.07) is 19.1. The van der Waals surface area contributed by atoms with Gasteiger partial charge in [-0.1, -0.05) is 59.1 Å². The molecule has 0 bridgehead atoms. The first-order valence-electron chi connectivity index (χ1n) is 9.59. The van der Waals surface area contributed by atoms with Crippen molar-refractivity contribution in [2.24, 2.45) is 0 Å². The summed E-state index contributed by atoms with van der Waals surface area (Å²) in [7, 11) is 1.55. The molecule has 3 aromatic carbocycles. The summed E-state index contributed by atoms with van der Waals surface area (Å²) in [6.45, 7) is 0.308. The first kappa shape index (κ1) is 22.2. The van der Waals surface area contributed by atoms with Crippen LogP contribution in [0.25, 0.3) is 10.9 Å². The summed E-state index contributed by atoms with van der Waals surface area (Å²) in [5.41, 5.74) is 2.10. The molecule has 5 nitrogen and oxygen atoms in total. The lowest BCUT2D eigenvalue weighted by molar-refractivity contribution is -0.112. The van der Waals surface area contributed by atoms with Crippen molar-refractivity contribution in [3.05, 3.63) is 93.1 Å². The van der Waals surface area contributed by atoms with Crippen molar-refractivity contribution in [1.82, 2.24) is 4.57 Å². The van der Waals surface area contributed by atoms with Crippen molar-refractivity contribution in [2.75, 3.05) is 12.4 Å². The average Bonchev–Trinajstić information content (AvgIpc) is 3.06. The SMILES string of the molecule is COc1ccc(NC(=O)C(=O)c2c(Cl)n(Cc3ccc(Cl)cc3Cl)c3ccccc23)cc1. The van der Waals surface area contributed by atoms with E-state index in [0.717, 1.165) is 5.56 Å². The van der Waals surface area contributed by atoms with Crippen molar-refractivity contribution < 1.29 is 14.3 Å². The molecule has 1 heterocycles. The first-order valence-corrected chi connectivity index (χ1v) is 10.7. The first-order chi connectivity index (χ1) is 15.4. The second-order valence-electron chi connectivity index (χ2n) is 7.02. The number of rotatable bonds is 6. The number of ketones is 1. The number of anilines is 1. The zero-order valence-electron chi connectivity index (χ0n) is 16.9. The molecule has 162 valence electrons. The van der Waals surface area contributed by atoms with E-state index in [9.17, 15) is 9.59 Å². The normalized spacial score (nSPS) is 10.9. The van der Waals surface area contributed by atoms with Crippen molar-refractivity contribution in [2.45, 2.75) is 6.54 Å². The number of hydrogen-bond donors (Lipinski definition) is 1. The molecule has 1 amide bonds. The standard InChI is InChI=1S/C24H17Cl3N2O3/c1-32-17-10-8-16(9-11-17)28-24(31)22(30)21-18-4-2-3-5-20(18)29(23(21)27)13-14-6-7-15(25)12-19(14)26/h2-12H,13H2,1H3,(H,28,31). The lowest BCUT2D eigenvalue weighted by Gasteiger charge is -2.10. The molecule has 0 unspecified atom stereocenters. The fourth-order valence-electron chi connectivity index (χ4n) is 3.44. The number of carbonyl (C=O) groups is 2. The second kappa shape index (κ2) is 9.25. The van der Waals surface area contributed by atoms with Crippen molar-refractivity contribution in [3.8, 4) is 5.75 Å². The molecule has 4 aromatic rings. The molecular weight excluding hydrogens is 471 g/mol. The van der Waals surface area contributed by atoms with Crippen molar-refractivity contribution >= 4 is 63.1 Å². The Morgan fingerprint density at radius 1 is 0.969 bits per heavy atom. The van der Waals surface area contributed by atoms with Crippen molar-refractivity contribution in [1.29, 1.82) is 0 Å². The van der Waals surface area contributed by atoms with E-state index in [0.29, 0.717) is 38.9 Å². The molecule has 4 rings (SSSR count). The van der Waals surface area contributed by atoms with Crippen LogP contribution in [0.5, 0.6) is 5.75 Å². The van der Waals surface area contributed by atoms with Gasteiger partial charge in [-0.15, -0.1) is 0 Å². The molecule has 8 heteroatoms. The molecule has 0 aliphatic rings. The summed E-state index contributed by atoms with van der Waals surface area (Å²) in [5.74, 6) is -0.881. The van der Waals surface area contributed by atoms with E-state index in [1.807, 2.05) is 12.1 Å². The number of carbonyl (C=O) groups excluding carboxylic acids is 2. The maximum absolute atomic E-state index is 13.1. The number of aromatic nitrogens is 1. The number of ether oxygens (including phenoxy) is 1. The van der Waals surface area contributed by atoms with Gasteiger partial charge in [0.05, 0.1) is 24.7 Å². The smallest absolute Gasteiger partial charge is 0.296 e. The maximum Gasteiger partial charge on any atom is 0.296 e. The van der Waals surface area contributed by atoms with E-state index >= 15 is 0 Å². The number of halogens is 3. The minimum Gasteiger partial charge on any atom is -0.497 e. The monoisotopic (exact) mass is 486 g/mol. The molecule has 1 aromatic heterocycles. The number of hydrogen-bond acceptors (Lipinski definition) is 3. The Labute approximate surface area is 199 Å². The third kappa shape index (κ3) is 4.32. The molecule has 0 aliphatic carbocycles. The van der Waals surface area contributed by atoms with Gasteiger partial charge in [0.15, 0.2) is 0 Å². The second-order valence-corrected chi connectivity index (χ2v) is 8.22. The highest BCUT2D eigenvalue weighted by molar-refractivity contribution is 6.51. The molecule has 1 N–H and O–H groups in total. The minimum absolute atomic E-state index is 0.137. The van der Waals surface area contributed by atoms with Crippen LogP contribution in [-0.4, -0.2) is 23.4 Å². The van der Waals surface area contributed by atoms with Gasteiger partial charge in [0.25, 0.3) is 11.7 Å². The lowest BCUT2D eigenvalue weighted by atomic mass is 10.1. The topological polar surface area (TPSA) is 60.3 Å². The summed E-state index contributed by atoms with van der Waals surface area (Å²) in [5, 5.41) is 4.35. The molecular formula is C24H17Cl3N2O3. The molecule has 0 aliphatic heterocycles. The van der Waals surface area contributed by atoms with Gasteiger partial charge in [0.2, 0.25) is 0 Å². The number of Topliss-reactive ketones (excluding diaryl/α,β-unsaturated/α-hetero) is 1. The molecule has 0 fully saturated rings. The maximum atomic E-state index is 13.1. The Balaban J connectivity index is 1.70. The molecule has 0 saturated heterocycles. The van der Waals surface area contributed by atoms with E-state index < -0.39 is 11.7 Å². The van der Waals surface area contributed by atoms with E-state index in [-0.39, 0.29) is 10.7 Å². The van der Waals surface area contributed by atoms with Crippen LogP contribution in [-0.2, 0) is 11.3 Å². The predicted molar refractivity (Wildman–Crippen MR) is 128 cm³/mol. The molecule has 0 atom stereocenters. The summed E-state index contributed by atoms with van der Waals surface area (Å²) < 4.78 is 6.85. The van der Waals surface area contributed by atoms with E-state index in [1.54, 1.807) is 66.3 Å². The fraction of sp³-hybridized carbons (Fsp3) is 0.0833. The molecule has 32 heavy (non-hydrogen) atoms. The Morgan fingerprint density at radius 3 is 2.38 bits per heavy atom. The number of para-hydroxylation sites is 1. The van der Waals surface area contributed by atoms with Gasteiger partial charge in [-0.05, 0) is 48.0 Å². The van der Waals surface area contributed by atoms with Crippen LogP contribution < -0.4 is 10.1 Å². The third-order valence-corrected chi connectivity index (χ3v) is 6.01.